The van der Waals surface area contributed by atoms with Crippen LogP contribution in [0, 0.1) is 5.92 Å². The van der Waals surface area contributed by atoms with E-state index in [0.29, 0.717) is 19.6 Å². The molecule has 1 aromatic heterocycles. The zero-order valence-electron chi connectivity index (χ0n) is 19.8. The lowest BCUT2D eigenvalue weighted by atomic mass is 9.71. The lowest BCUT2D eigenvalue weighted by molar-refractivity contribution is -0.158. The van der Waals surface area contributed by atoms with Crippen molar-refractivity contribution in [2.75, 3.05) is 6.61 Å². The van der Waals surface area contributed by atoms with Gasteiger partial charge >= 0.3 is 5.97 Å². The van der Waals surface area contributed by atoms with Gasteiger partial charge < -0.3 is 13.9 Å². The van der Waals surface area contributed by atoms with Gasteiger partial charge in [-0.25, -0.2) is 0 Å². The Morgan fingerprint density at radius 3 is 2.63 bits per heavy atom. The van der Waals surface area contributed by atoms with Crippen LogP contribution in [0.4, 0.5) is 0 Å². The Labute approximate surface area is 183 Å². The summed E-state index contributed by atoms with van der Waals surface area (Å²) in [4.78, 5) is 17.0. The molecule has 168 valence electrons. The van der Waals surface area contributed by atoms with E-state index in [1.165, 1.54) is 5.57 Å². The minimum Gasteiger partial charge on any atom is -0.460 e. The second-order valence-corrected chi connectivity index (χ2v) is 14.8. The number of pyridine rings is 1. The number of ether oxygens (including phenoxy) is 2. The van der Waals surface area contributed by atoms with E-state index in [2.05, 4.69) is 37.6 Å². The smallest absolute Gasteiger partial charge is 0.307 e. The summed E-state index contributed by atoms with van der Waals surface area (Å²) >= 11 is 0. The first-order chi connectivity index (χ1) is 13.9. The molecule has 1 saturated carbocycles. The summed E-state index contributed by atoms with van der Waals surface area (Å²) in [5, 5.41) is 0. The molecule has 0 N–H and O–H groups in total. The minimum absolute atomic E-state index is 0.00581. The summed E-state index contributed by atoms with van der Waals surface area (Å²) in [6.07, 6.45) is 7.22. The molecule has 0 saturated heterocycles. The second-order valence-electron chi connectivity index (χ2n) is 10.3. The van der Waals surface area contributed by atoms with Crippen molar-refractivity contribution in [3.8, 4) is 0 Å². The highest BCUT2D eigenvalue weighted by Crippen LogP contribution is 2.44. The van der Waals surface area contributed by atoms with E-state index in [0.717, 1.165) is 25.0 Å². The minimum atomic E-state index is -1.79. The number of carbonyl (C=O) groups is 1. The monoisotopic (exact) mass is 433 g/mol. The van der Waals surface area contributed by atoms with Gasteiger partial charge in [-0.2, -0.15) is 0 Å². The molecule has 0 aliphatic heterocycles. The molecule has 1 aromatic rings. The van der Waals surface area contributed by atoms with Crippen LogP contribution in [0.25, 0.3) is 0 Å². The summed E-state index contributed by atoms with van der Waals surface area (Å²) in [7, 11) is -1.79. The Morgan fingerprint density at radius 1 is 1.30 bits per heavy atom. The van der Waals surface area contributed by atoms with E-state index in [1.54, 1.807) is 6.20 Å². The average molecular weight is 434 g/mol. The van der Waals surface area contributed by atoms with Crippen molar-refractivity contribution in [3.05, 3.63) is 41.7 Å². The third kappa shape index (κ3) is 8.32. The van der Waals surface area contributed by atoms with Gasteiger partial charge in [-0.3, -0.25) is 9.78 Å². The molecule has 1 aliphatic rings. The molecule has 1 heterocycles. The van der Waals surface area contributed by atoms with E-state index in [-0.39, 0.29) is 17.5 Å². The molecule has 1 aliphatic carbocycles. The van der Waals surface area contributed by atoms with E-state index in [1.807, 2.05) is 39.0 Å². The molecule has 0 bridgehead atoms. The molecule has 0 radical (unpaired) electrons. The van der Waals surface area contributed by atoms with Crippen LogP contribution < -0.4 is 0 Å². The van der Waals surface area contributed by atoms with E-state index < -0.39 is 13.9 Å². The van der Waals surface area contributed by atoms with Gasteiger partial charge in [0.1, 0.15) is 5.60 Å². The Bertz CT molecular complexity index is 721. The third-order valence-corrected chi connectivity index (χ3v) is 6.17. The van der Waals surface area contributed by atoms with Crippen molar-refractivity contribution < 1.29 is 18.7 Å². The summed E-state index contributed by atoms with van der Waals surface area (Å²) < 4.78 is 18.1. The Balaban J connectivity index is 2.14. The van der Waals surface area contributed by atoms with Crippen LogP contribution in [-0.4, -0.2) is 37.1 Å². The highest BCUT2D eigenvalue weighted by atomic mass is 28.4. The number of hydrogen-bond acceptors (Lipinski definition) is 5. The molecule has 0 unspecified atom stereocenters. The van der Waals surface area contributed by atoms with Crippen LogP contribution in [0.5, 0.6) is 0 Å². The zero-order valence-corrected chi connectivity index (χ0v) is 20.8. The van der Waals surface area contributed by atoms with Gasteiger partial charge in [-0.1, -0.05) is 17.7 Å². The van der Waals surface area contributed by atoms with Gasteiger partial charge in [-0.15, -0.1) is 0 Å². The first kappa shape index (κ1) is 24.8. The topological polar surface area (TPSA) is 57.7 Å². The first-order valence-corrected chi connectivity index (χ1v) is 14.4. The predicted octanol–water partition coefficient (Wildman–Crippen LogP) is 5.67. The van der Waals surface area contributed by atoms with Crippen LogP contribution in [0.3, 0.4) is 0 Å². The van der Waals surface area contributed by atoms with Crippen LogP contribution >= 0.6 is 0 Å². The molecule has 6 heteroatoms. The summed E-state index contributed by atoms with van der Waals surface area (Å²) in [6.45, 7) is 15.5. The number of carbonyl (C=O) groups excluding carboxylic acids is 1. The lowest BCUT2D eigenvalue weighted by Crippen LogP contribution is -2.49. The maximum absolute atomic E-state index is 12.7. The molecule has 30 heavy (non-hydrogen) atoms. The highest BCUT2D eigenvalue weighted by Gasteiger charge is 2.44. The van der Waals surface area contributed by atoms with Crippen molar-refractivity contribution in [1.82, 2.24) is 4.98 Å². The largest absolute Gasteiger partial charge is 0.460 e. The molecule has 5 nitrogen and oxygen atoms in total. The zero-order chi connectivity index (χ0) is 22.4. The Kier molecular flexibility index (Phi) is 8.42. The quantitative estimate of drug-likeness (QED) is 0.229. The fourth-order valence-corrected chi connectivity index (χ4v) is 5.80. The van der Waals surface area contributed by atoms with Crippen molar-refractivity contribution in [1.29, 1.82) is 0 Å². The average Bonchev–Trinajstić information content (AvgIpc) is 2.59. The van der Waals surface area contributed by atoms with Crippen molar-refractivity contribution in [3.63, 3.8) is 0 Å². The second kappa shape index (κ2) is 10.2. The maximum atomic E-state index is 12.7. The fourth-order valence-electron chi connectivity index (χ4n) is 4.16. The summed E-state index contributed by atoms with van der Waals surface area (Å²) in [6, 6.07) is 5.81. The van der Waals surface area contributed by atoms with E-state index in [4.69, 9.17) is 13.9 Å². The van der Waals surface area contributed by atoms with Gasteiger partial charge in [0.05, 0.1) is 30.9 Å². The van der Waals surface area contributed by atoms with Gasteiger partial charge in [0.15, 0.2) is 8.32 Å². The molecule has 0 amide bonds. The molecule has 0 spiro atoms. The van der Waals surface area contributed by atoms with Crippen LogP contribution in [0.2, 0.25) is 19.6 Å². The third-order valence-electron chi connectivity index (χ3n) is 5.09. The van der Waals surface area contributed by atoms with Crippen molar-refractivity contribution in [2.45, 2.75) is 90.8 Å². The van der Waals surface area contributed by atoms with Gasteiger partial charge in [0, 0.05) is 12.1 Å². The Hall–Kier alpha value is -1.50. The van der Waals surface area contributed by atoms with E-state index >= 15 is 0 Å². The number of esters is 1. The van der Waals surface area contributed by atoms with Crippen molar-refractivity contribution >= 4 is 14.3 Å². The normalized spacial score (nSPS) is 24.1. The molecule has 1 fully saturated rings. The number of hydrogen-bond donors (Lipinski definition) is 0. The number of nitrogens with zero attached hydrogens (tertiary/aromatic N) is 1. The van der Waals surface area contributed by atoms with Crippen LogP contribution in [-0.2, 0) is 25.3 Å². The van der Waals surface area contributed by atoms with Crippen LogP contribution in [0.1, 0.15) is 59.1 Å². The standard InChI is InChI=1S/C24H39NO4Si/c1-23(2,3)28-22(26)17-21-19(11-10-14-24(21,4)29-30(5,6)7)13-16-27-18-20-12-8-9-15-25-20/h8-9,12-13,15,21H,10-11,14,16-18H2,1-7H3/b19-13-/t21-,24-/m0/s1. The summed E-state index contributed by atoms with van der Waals surface area (Å²) in [5.74, 6) is -0.161. The predicted molar refractivity (Wildman–Crippen MR) is 123 cm³/mol. The van der Waals surface area contributed by atoms with Crippen molar-refractivity contribution in [2.24, 2.45) is 5.92 Å². The first-order valence-electron chi connectivity index (χ1n) is 11.0. The summed E-state index contributed by atoms with van der Waals surface area (Å²) in [5.41, 5.74) is 1.31. The lowest BCUT2D eigenvalue weighted by Gasteiger charge is -2.46. The molecule has 2 rings (SSSR count). The van der Waals surface area contributed by atoms with Gasteiger partial charge in [0.2, 0.25) is 0 Å². The number of rotatable bonds is 8. The SMILES string of the molecule is CC(C)(C)OC(=O)C[C@H]1/C(=C\COCc2ccccn2)CCC[C@]1(C)O[Si](C)(C)C. The molecule has 0 aromatic carbocycles. The Morgan fingerprint density at radius 2 is 2.03 bits per heavy atom. The van der Waals surface area contributed by atoms with Crippen LogP contribution in [0.15, 0.2) is 36.0 Å². The molecular formula is C24H39NO4Si. The fraction of sp³-hybridized carbons (Fsp3) is 0.667. The highest BCUT2D eigenvalue weighted by molar-refractivity contribution is 6.69. The maximum Gasteiger partial charge on any atom is 0.307 e. The van der Waals surface area contributed by atoms with Gasteiger partial charge in [-0.05, 0) is 78.7 Å². The van der Waals surface area contributed by atoms with E-state index in [9.17, 15) is 4.79 Å². The molecular weight excluding hydrogens is 394 g/mol. The molecule has 2 atom stereocenters. The van der Waals surface area contributed by atoms with Gasteiger partial charge in [0.25, 0.3) is 0 Å². The number of aromatic nitrogens is 1.